The van der Waals surface area contributed by atoms with Crippen molar-refractivity contribution in [3.8, 4) is 0 Å². The van der Waals surface area contributed by atoms with Crippen LogP contribution in [0, 0.1) is 0 Å². The van der Waals surface area contributed by atoms with Gasteiger partial charge in [-0.3, -0.25) is 14.9 Å². The van der Waals surface area contributed by atoms with Crippen molar-refractivity contribution in [1.82, 2.24) is 20.2 Å². The van der Waals surface area contributed by atoms with Gasteiger partial charge in [0.25, 0.3) is 5.56 Å². The SMILES string of the molecule is O=c1[nH]c(Cl)nc2[nH]ncc12. The van der Waals surface area contributed by atoms with Gasteiger partial charge in [0.1, 0.15) is 5.39 Å². The third-order valence-corrected chi connectivity index (χ3v) is 1.47. The first-order chi connectivity index (χ1) is 5.27. The van der Waals surface area contributed by atoms with Gasteiger partial charge in [0.15, 0.2) is 5.65 Å². The molecule has 0 aromatic carbocycles. The molecule has 0 saturated carbocycles. The molecular formula is C5H3ClN4O. The second-order valence-electron chi connectivity index (χ2n) is 1.99. The molecule has 0 saturated heterocycles. The monoisotopic (exact) mass is 170 g/mol. The lowest BCUT2D eigenvalue weighted by atomic mass is 10.4. The number of H-pyrrole nitrogens is 2. The molecule has 2 aromatic rings. The van der Waals surface area contributed by atoms with E-state index >= 15 is 0 Å². The van der Waals surface area contributed by atoms with Gasteiger partial charge >= 0.3 is 0 Å². The Morgan fingerprint density at radius 3 is 3.18 bits per heavy atom. The van der Waals surface area contributed by atoms with Crippen LogP contribution in [0.25, 0.3) is 11.0 Å². The number of rotatable bonds is 0. The van der Waals surface area contributed by atoms with E-state index in [-0.39, 0.29) is 10.8 Å². The number of aromatic nitrogens is 4. The van der Waals surface area contributed by atoms with Gasteiger partial charge in [0.2, 0.25) is 5.28 Å². The quantitative estimate of drug-likeness (QED) is 0.559. The molecule has 0 fully saturated rings. The molecule has 6 heteroatoms. The van der Waals surface area contributed by atoms with Gasteiger partial charge < -0.3 is 0 Å². The Hall–Kier alpha value is -1.36. The Balaban J connectivity index is 3.02. The first kappa shape index (κ1) is 6.36. The number of nitrogens with one attached hydrogen (secondary N) is 2. The molecule has 0 amide bonds. The van der Waals surface area contributed by atoms with Gasteiger partial charge in [-0.25, -0.2) is 0 Å². The number of halogens is 1. The van der Waals surface area contributed by atoms with Crippen LogP contribution in [0.4, 0.5) is 0 Å². The predicted octanol–water partition coefficient (Wildman–Crippen LogP) is 0.300. The molecule has 0 spiro atoms. The Labute approximate surface area is 65.4 Å². The van der Waals surface area contributed by atoms with E-state index in [9.17, 15) is 4.79 Å². The van der Waals surface area contributed by atoms with Crippen LogP contribution < -0.4 is 5.56 Å². The summed E-state index contributed by atoms with van der Waals surface area (Å²) < 4.78 is 0. The highest BCUT2D eigenvalue weighted by atomic mass is 35.5. The molecule has 0 radical (unpaired) electrons. The molecule has 0 atom stereocenters. The van der Waals surface area contributed by atoms with E-state index < -0.39 is 0 Å². The molecule has 5 nitrogen and oxygen atoms in total. The summed E-state index contributed by atoms with van der Waals surface area (Å²) >= 11 is 5.47. The Bertz CT molecular complexity index is 445. The van der Waals surface area contributed by atoms with Crippen molar-refractivity contribution in [2.24, 2.45) is 0 Å². The smallest absolute Gasteiger partial charge is 0.262 e. The topological polar surface area (TPSA) is 74.4 Å². The minimum absolute atomic E-state index is 0.0618. The third kappa shape index (κ3) is 0.894. The number of hydrogen-bond acceptors (Lipinski definition) is 3. The second kappa shape index (κ2) is 2.06. The fourth-order valence-electron chi connectivity index (χ4n) is 0.818. The fourth-order valence-corrected chi connectivity index (χ4v) is 0.988. The van der Waals surface area contributed by atoms with E-state index in [1.54, 1.807) is 0 Å². The molecule has 2 heterocycles. The van der Waals surface area contributed by atoms with Gasteiger partial charge in [-0.1, -0.05) is 0 Å². The van der Waals surface area contributed by atoms with Gasteiger partial charge in [-0.15, -0.1) is 0 Å². The Morgan fingerprint density at radius 2 is 2.36 bits per heavy atom. The molecule has 0 aliphatic heterocycles. The first-order valence-corrected chi connectivity index (χ1v) is 3.24. The molecule has 0 unspecified atom stereocenters. The zero-order valence-electron chi connectivity index (χ0n) is 5.26. The molecule has 2 rings (SSSR count). The summed E-state index contributed by atoms with van der Waals surface area (Å²) in [5.74, 6) is 0. The summed E-state index contributed by atoms with van der Waals surface area (Å²) in [5.41, 5.74) is 0.118. The average molecular weight is 171 g/mol. The highest BCUT2D eigenvalue weighted by Crippen LogP contribution is 2.03. The fraction of sp³-hybridized carbons (Fsp3) is 0. The van der Waals surface area contributed by atoms with Crippen molar-refractivity contribution in [1.29, 1.82) is 0 Å². The zero-order valence-corrected chi connectivity index (χ0v) is 6.01. The van der Waals surface area contributed by atoms with Crippen molar-refractivity contribution >= 4 is 22.6 Å². The van der Waals surface area contributed by atoms with Crippen molar-refractivity contribution in [3.05, 3.63) is 21.8 Å². The van der Waals surface area contributed by atoms with Gasteiger partial charge in [0.05, 0.1) is 6.20 Å². The zero-order chi connectivity index (χ0) is 7.84. The van der Waals surface area contributed by atoms with E-state index in [2.05, 4.69) is 20.2 Å². The molecule has 0 aliphatic carbocycles. The van der Waals surface area contributed by atoms with Crippen molar-refractivity contribution < 1.29 is 0 Å². The maximum absolute atomic E-state index is 11.0. The van der Waals surface area contributed by atoms with Crippen LogP contribution in [0.1, 0.15) is 0 Å². The first-order valence-electron chi connectivity index (χ1n) is 2.86. The van der Waals surface area contributed by atoms with Crippen LogP contribution in [0.3, 0.4) is 0 Å². The highest BCUT2D eigenvalue weighted by Gasteiger charge is 2.01. The minimum Gasteiger partial charge on any atom is -0.296 e. The standard InChI is InChI=1S/C5H3ClN4O/c6-5-8-3-2(1-7-10-3)4(11)9-5/h1H,(H2,7,8,9,10,11). The number of fused-ring (bicyclic) bond motifs is 1. The van der Waals surface area contributed by atoms with Crippen LogP contribution in [0.5, 0.6) is 0 Å². The maximum Gasteiger partial charge on any atom is 0.262 e. The lowest BCUT2D eigenvalue weighted by Crippen LogP contribution is -2.06. The molecule has 2 N–H and O–H groups in total. The summed E-state index contributed by atoms with van der Waals surface area (Å²) in [6, 6.07) is 0. The van der Waals surface area contributed by atoms with E-state index in [0.717, 1.165) is 0 Å². The van der Waals surface area contributed by atoms with Crippen LogP contribution >= 0.6 is 11.6 Å². The minimum atomic E-state index is -0.284. The second-order valence-corrected chi connectivity index (χ2v) is 2.35. The van der Waals surface area contributed by atoms with E-state index in [0.29, 0.717) is 11.0 Å². The normalized spacial score (nSPS) is 10.6. The molecule has 2 aromatic heterocycles. The summed E-state index contributed by atoms with van der Waals surface area (Å²) in [6.07, 6.45) is 1.40. The lowest BCUT2D eigenvalue weighted by molar-refractivity contribution is 1.08. The summed E-state index contributed by atoms with van der Waals surface area (Å²) in [6.45, 7) is 0. The number of nitrogens with zero attached hydrogens (tertiary/aromatic N) is 2. The Morgan fingerprint density at radius 1 is 1.55 bits per heavy atom. The van der Waals surface area contributed by atoms with Gasteiger partial charge in [-0.05, 0) is 11.6 Å². The molecule has 0 aliphatic rings. The van der Waals surface area contributed by atoms with Crippen molar-refractivity contribution in [2.75, 3.05) is 0 Å². The van der Waals surface area contributed by atoms with Gasteiger partial charge in [0, 0.05) is 0 Å². The largest absolute Gasteiger partial charge is 0.296 e. The number of hydrogen-bond donors (Lipinski definition) is 2. The van der Waals surface area contributed by atoms with Crippen LogP contribution in [0.2, 0.25) is 5.28 Å². The van der Waals surface area contributed by atoms with Crippen LogP contribution in [-0.2, 0) is 0 Å². The summed E-state index contributed by atoms with van der Waals surface area (Å²) in [7, 11) is 0. The molecular weight excluding hydrogens is 168 g/mol. The summed E-state index contributed by atoms with van der Waals surface area (Å²) in [4.78, 5) is 17.1. The van der Waals surface area contributed by atoms with Crippen molar-refractivity contribution in [2.45, 2.75) is 0 Å². The van der Waals surface area contributed by atoms with E-state index in [4.69, 9.17) is 11.6 Å². The number of aromatic amines is 2. The highest BCUT2D eigenvalue weighted by molar-refractivity contribution is 6.28. The van der Waals surface area contributed by atoms with E-state index in [1.807, 2.05) is 0 Å². The molecule has 56 valence electrons. The van der Waals surface area contributed by atoms with Crippen LogP contribution in [0.15, 0.2) is 11.0 Å². The lowest BCUT2D eigenvalue weighted by Gasteiger charge is -1.87. The van der Waals surface area contributed by atoms with Crippen molar-refractivity contribution in [3.63, 3.8) is 0 Å². The summed E-state index contributed by atoms with van der Waals surface area (Å²) in [5, 5.41) is 6.65. The average Bonchev–Trinajstić information content (AvgIpc) is 2.34. The predicted molar refractivity (Wildman–Crippen MR) is 39.5 cm³/mol. The maximum atomic E-state index is 11.0. The Kier molecular flexibility index (Phi) is 1.19. The van der Waals surface area contributed by atoms with E-state index in [1.165, 1.54) is 6.20 Å². The van der Waals surface area contributed by atoms with Crippen LogP contribution in [-0.4, -0.2) is 20.2 Å². The molecule has 11 heavy (non-hydrogen) atoms. The molecule has 0 bridgehead atoms. The van der Waals surface area contributed by atoms with Gasteiger partial charge in [-0.2, -0.15) is 10.1 Å². The third-order valence-electron chi connectivity index (χ3n) is 1.29.